The highest BCUT2D eigenvalue weighted by molar-refractivity contribution is 5.84. The second-order valence-corrected chi connectivity index (χ2v) is 5.82. The maximum Gasteiger partial charge on any atom is 0.261 e. The summed E-state index contributed by atoms with van der Waals surface area (Å²) in [6.07, 6.45) is 0. The average Bonchev–Trinajstić information content (AvgIpc) is 2.51. The molecule has 0 bridgehead atoms. The Hall–Kier alpha value is -2.53. The van der Waals surface area contributed by atoms with Gasteiger partial charge in [-0.1, -0.05) is 18.2 Å². The molecule has 4 nitrogen and oxygen atoms in total. The van der Waals surface area contributed by atoms with Gasteiger partial charge in [-0.05, 0) is 43.2 Å². The molecule has 1 heterocycles. The van der Waals surface area contributed by atoms with Crippen LogP contribution < -0.4 is 11.3 Å². The van der Waals surface area contributed by atoms with E-state index in [9.17, 15) is 9.18 Å². The molecule has 0 spiro atoms. The lowest BCUT2D eigenvalue weighted by Crippen LogP contribution is -2.22. The second-order valence-electron chi connectivity index (χ2n) is 5.82. The van der Waals surface area contributed by atoms with Gasteiger partial charge in [-0.25, -0.2) is 9.37 Å². The van der Waals surface area contributed by atoms with E-state index in [-0.39, 0.29) is 11.6 Å². The highest BCUT2D eigenvalue weighted by Crippen LogP contribution is 2.25. The fourth-order valence-corrected chi connectivity index (χ4v) is 2.78. The minimum absolute atomic E-state index is 0.209. The van der Waals surface area contributed by atoms with Crippen molar-refractivity contribution in [2.45, 2.75) is 19.9 Å². The minimum Gasteiger partial charge on any atom is -0.324 e. The van der Waals surface area contributed by atoms with Gasteiger partial charge in [0.2, 0.25) is 0 Å². The van der Waals surface area contributed by atoms with Crippen LogP contribution in [0, 0.1) is 12.7 Å². The monoisotopic (exact) mass is 311 g/mol. The second kappa shape index (κ2) is 5.59. The third-order valence-corrected chi connectivity index (χ3v) is 3.96. The van der Waals surface area contributed by atoms with Gasteiger partial charge in [0, 0.05) is 13.1 Å². The summed E-state index contributed by atoms with van der Waals surface area (Å²) in [5.41, 5.74) is 8.39. The number of nitrogens with zero attached hydrogens (tertiary/aromatic N) is 2. The molecule has 0 fully saturated rings. The third-order valence-electron chi connectivity index (χ3n) is 3.96. The van der Waals surface area contributed by atoms with Crippen LogP contribution in [0.25, 0.3) is 22.3 Å². The van der Waals surface area contributed by atoms with Gasteiger partial charge in [0.25, 0.3) is 5.56 Å². The Kier molecular flexibility index (Phi) is 3.74. The van der Waals surface area contributed by atoms with Gasteiger partial charge in [0.15, 0.2) is 0 Å². The molecule has 2 aromatic carbocycles. The number of aromatic nitrogens is 2. The molecule has 0 saturated carbocycles. The van der Waals surface area contributed by atoms with E-state index < -0.39 is 5.82 Å². The van der Waals surface area contributed by atoms with Gasteiger partial charge in [0.05, 0.1) is 16.5 Å². The normalized spacial score (nSPS) is 12.6. The predicted molar refractivity (Wildman–Crippen MR) is 89.7 cm³/mol. The van der Waals surface area contributed by atoms with Crippen molar-refractivity contribution < 1.29 is 4.39 Å². The SMILES string of the molecule is Cc1cc(C(C)N)c2nc(-c3ccccc3F)n(C)c(=O)c2c1. The highest BCUT2D eigenvalue weighted by Gasteiger charge is 2.17. The summed E-state index contributed by atoms with van der Waals surface area (Å²) in [7, 11) is 1.60. The Morgan fingerprint density at radius 1 is 1.26 bits per heavy atom. The third kappa shape index (κ3) is 2.53. The maximum absolute atomic E-state index is 14.1. The molecule has 1 atom stereocenters. The van der Waals surface area contributed by atoms with Crippen molar-refractivity contribution in [3.05, 3.63) is 63.7 Å². The van der Waals surface area contributed by atoms with E-state index >= 15 is 0 Å². The number of fused-ring (bicyclic) bond motifs is 1. The first-order valence-corrected chi connectivity index (χ1v) is 7.42. The molecule has 3 rings (SSSR count). The molecule has 0 saturated heterocycles. The fraction of sp³-hybridized carbons (Fsp3) is 0.222. The highest BCUT2D eigenvalue weighted by atomic mass is 19.1. The molecule has 0 aliphatic rings. The predicted octanol–water partition coefficient (Wildman–Crippen LogP) is 3.07. The van der Waals surface area contributed by atoms with Crippen molar-refractivity contribution in [3.8, 4) is 11.4 Å². The number of halogens is 1. The van der Waals surface area contributed by atoms with E-state index in [0.717, 1.165) is 11.1 Å². The topological polar surface area (TPSA) is 60.9 Å². The van der Waals surface area contributed by atoms with Gasteiger partial charge >= 0.3 is 0 Å². The van der Waals surface area contributed by atoms with Crippen LogP contribution in [0.1, 0.15) is 24.1 Å². The van der Waals surface area contributed by atoms with Gasteiger partial charge in [-0.2, -0.15) is 0 Å². The molecule has 1 unspecified atom stereocenters. The quantitative estimate of drug-likeness (QED) is 0.791. The van der Waals surface area contributed by atoms with Crippen LogP contribution in [0.3, 0.4) is 0 Å². The van der Waals surface area contributed by atoms with Crippen LogP contribution in [-0.4, -0.2) is 9.55 Å². The standard InChI is InChI=1S/C18H18FN3O/c1-10-8-13(11(2)20)16-14(9-10)18(23)22(3)17(21-16)12-6-4-5-7-15(12)19/h4-9,11H,20H2,1-3H3. The van der Waals surface area contributed by atoms with Crippen LogP contribution in [0.4, 0.5) is 4.39 Å². The average molecular weight is 311 g/mol. The molecular formula is C18H18FN3O. The number of hydrogen-bond donors (Lipinski definition) is 1. The summed E-state index contributed by atoms with van der Waals surface area (Å²) in [4.78, 5) is 17.3. The van der Waals surface area contributed by atoms with E-state index in [4.69, 9.17) is 5.73 Å². The Labute approximate surface area is 133 Å². The lowest BCUT2D eigenvalue weighted by atomic mass is 10.0. The van der Waals surface area contributed by atoms with Crippen LogP contribution in [0.2, 0.25) is 0 Å². The Bertz CT molecular complexity index is 960. The zero-order valence-corrected chi connectivity index (χ0v) is 13.3. The van der Waals surface area contributed by atoms with E-state index in [1.807, 2.05) is 19.9 Å². The van der Waals surface area contributed by atoms with Gasteiger partial charge in [-0.3, -0.25) is 9.36 Å². The molecule has 3 aromatic rings. The van der Waals surface area contributed by atoms with Crippen LogP contribution >= 0.6 is 0 Å². The molecule has 1 aromatic heterocycles. The lowest BCUT2D eigenvalue weighted by Gasteiger charge is -2.15. The number of hydrogen-bond acceptors (Lipinski definition) is 3. The molecule has 118 valence electrons. The van der Waals surface area contributed by atoms with E-state index in [2.05, 4.69) is 4.98 Å². The molecule has 2 N–H and O–H groups in total. The molecule has 0 amide bonds. The van der Waals surface area contributed by atoms with Crippen LogP contribution in [-0.2, 0) is 7.05 Å². The summed E-state index contributed by atoms with van der Waals surface area (Å²) in [5.74, 6) is -0.116. The molecule has 5 heteroatoms. The van der Waals surface area contributed by atoms with E-state index in [1.165, 1.54) is 10.6 Å². The van der Waals surface area contributed by atoms with Crippen molar-refractivity contribution in [1.29, 1.82) is 0 Å². The largest absolute Gasteiger partial charge is 0.324 e. The van der Waals surface area contributed by atoms with E-state index in [0.29, 0.717) is 22.3 Å². The summed E-state index contributed by atoms with van der Waals surface area (Å²) >= 11 is 0. The Morgan fingerprint density at radius 2 is 1.96 bits per heavy atom. The summed E-state index contributed by atoms with van der Waals surface area (Å²) in [6, 6.07) is 9.73. The Morgan fingerprint density at radius 3 is 2.61 bits per heavy atom. The van der Waals surface area contributed by atoms with Crippen molar-refractivity contribution in [2.75, 3.05) is 0 Å². The molecule has 0 aliphatic carbocycles. The minimum atomic E-state index is -0.413. The number of benzene rings is 2. The summed E-state index contributed by atoms with van der Waals surface area (Å²) in [6.45, 7) is 3.76. The molecular weight excluding hydrogens is 293 g/mol. The number of nitrogens with two attached hydrogens (primary N) is 1. The van der Waals surface area contributed by atoms with Crippen molar-refractivity contribution in [3.63, 3.8) is 0 Å². The van der Waals surface area contributed by atoms with Crippen molar-refractivity contribution in [1.82, 2.24) is 9.55 Å². The van der Waals surface area contributed by atoms with Gasteiger partial charge in [0.1, 0.15) is 11.6 Å². The maximum atomic E-state index is 14.1. The first-order valence-electron chi connectivity index (χ1n) is 7.42. The van der Waals surface area contributed by atoms with Gasteiger partial charge < -0.3 is 5.73 Å². The van der Waals surface area contributed by atoms with Crippen LogP contribution in [0.5, 0.6) is 0 Å². The molecule has 0 aliphatic heterocycles. The first-order chi connectivity index (χ1) is 10.9. The zero-order chi connectivity index (χ0) is 16.7. The smallest absolute Gasteiger partial charge is 0.261 e. The van der Waals surface area contributed by atoms with Crippen LogP contribution in [0.15, 0.2) is 41.2 Å². The van der Waals surface area contributed by atoms with E-state index in [1.54, 1.807) is 31.3 Å². The lowest BCUT2D eigenvalue weighted by molar-refractivity contribution is 0.628. The fourth-order valence-electron chi connectivity index (χ4n) is 2.78. The summed E-state index contributed by atoms with van der Waals surface area (Å²) < 4.78 is 15.5. The summed E-state index contributed by atoms with van der Waals surface area (Å²) in [5, 5.41) is 0.500. The van der Waals surface area contributed by atoms with Gasteiger partial charge in [-0.15, -0.1) is 0 Å². The zero-order valence-electron chi connectivity index (χ0n) is 13.3. The first kappa shape index (κ1) is 15.4. The van der Waals surface area contributed by atoms with Crippen molar-refractivity contribution in [2.24, 2.45) is 12.8 Å². The molecule has 23 heavy (non-hydrogen) atoms. The molecule has 0 radical (unpaired) electrons. The van der Waals surface area contributed by atoms with Crippen molar-refractivity contribution >= 4 is 10.9 Å². The number of rotatable bonds is 2. The number of aryl methyl sites for hydroxylation is 1. The Balaban J connectivity index is 2.45.